The van der Waals surface area contributed by atoms with Gasteiger partial charge in [-0.05, 0) is 43.1 Å². The molecule has 0 radical (unpaired) electrons. The topological polar surface area (TPSA) is 25.2 Å². The van der Waals surface area contributed by atoms with Crippen molar-refractivity contribution in [1.82, 2.24) is 5.32 Å². The lowest BCUT2D eigenvalue weighted by Crippen LogP contribution is -2.11. The quantitative estimate of drug-likeness (QED) is 0.702. The average molecular weight is 172 g/mol. The van der Waals surface area contributed by atoms with Gasteiger partial charge in [0, 0.05) is 0 Å². The molecule has 2 heterocycles. The second-order valence-corrected chi connectivity index (χ2v) is 3.16. The highest BCUT2D eigenvalue weighted by molar-refractivity contribution is 6.28. The summed E-state index contributed by atoms with van der Waals surface area (Å²) < 4.78 is 5.27. The number of rotatable bonds is 1. The minimum Gasteiger partial charge on any atom is -0.448 e. The maximum absolute atomic E-state index is 5.64. The van der Waals surface area contributed by atoms with E-state index in [2.05, 4.69) is 5.32 Å². The largest absolute Gasteiger partial charge is 0.448 e. The van der Waals surface area contributed by atoms with Crippen LogP contribution in [0.3, 0.4) is 0 Å². The van der Waals surface area contributed by atoms with Crippen LogP contribution in [0.25, 0.3) is 0 Å². The van der Waals surface area contributed by atoms with Gasteiger partial charge in [-0.2, -0.15) is 0 Å². The van der Waals surface area contributed by atoms with Crippen LogP contribution in [0.2, 0.25) is 5.22 Å². The lowest BCUT2D eigenvalue weighted by Gasteiger charge is -2.04. The molecule has 2 rings (SSSR count). The van der Waals surface area contributed by atoms with Gasteiger partial charge in [-0.25, -0.2) is 0 Å². The third-order valence-corrected chi connectivity index (χ3v) is 2.20. The highest BCUT2D eigenvalue weighted by Crippen LogP contribution is 2.26. The third kappa shape index (κ3) is 1.42. The van der Waals surface area contributed by atoms with Crippen molar-refractivity contribution < 1.29 is 4.42 Å². The number of furan rings is 1. The Morgan fingerprint density at radius 1 is 1.55 bits per heavy atom. The van der Waals surface area contributed by atoms with Crippen LogP contribution in [-0.2, 0) is 0 Å². The smallest absolute Gasteiger partial charge is 0.193 e. The Bertz CT molecular complexity index is 240. The summed E-state index contributed by atoms with van der Waals surface area (Å²) >= 11 is 5.64. The van der Waals surface area contributed by atoms with Crippen LogP contribution in [0.15, 0.2) is 16.5 Å². The van der Waals surface area contributed by atoms with Gasteiger partial charge in [-0.15, -0.1) is 0 Å². The zero-order chi connectivity index (χ0) is 7.68. The molecule has 0 spiro atoms. The third-order valence-electron chi connectivity index (χ3n) is 2.00. The highest BCUT2D eigenvalue weighted by atomic mass is 35.5. The van der Waals surface area contributed by atoms with Crippen LogP contribution in [-0.4, -0.2) is 6.54 Å². The first kappa shape index (κ1) is 7.19. The molecule has 11 heavy (non-hydrogen) atoms. The highest BCUT2D eigenvalue weighted by Gasteiger charge is 2.18. The first-order chi connectivity index (χ1) is 5.36. The minimum atomic E-state index is 0.391. The van der Waals surface area contributed by atoms with E-state index in [1.165, 1.54) is 6.42 Å². The van der Waals surface area contributed by atoms with E-state index < -0.39 is 0 Å². The molecule has 1 aliphatic heterocycles. The van der Waals surface area contributed by atoms with Gasteiger partial charge < -0.3 is 9.73 Å². The molecule has 1 aliphatic rings. The van der Waals surface area contributed by atoms with E-state index >= 15 is 0 Å². The van der Waals surface area contributed by atoms with E-state index in [9.17, 15) is 0 Å². The summed E-state index contributed by atoms with van der Waals surface area (Å²) in [4.78, 5) is 0. The summed E-state index contributed by atoms with van der Waals surface area (Å²) in [5, 5.41) is 3.81. The van der Waals surface area contributed by atoms with E-state index in [4.69, 9.17) is 16.0 Å². The monoisotopic (exact) mass is 171 g/mol. The van der Waals surface area contributed by atoms with Crippen LogP contribution >= 0.6 is 11.6 Å². The second kappa shape index (κ2) is 2.88. The molecule has 0 amide bonds. The van der Waals surface area contributed by atoms with Crippen molar-refractivity contribution in [3.63, 3.8) is 0 Å². The van der Waals surface area contributed by atoms with Crippen molar-refractivity contribution in [3.8, 4) is 0 Å². The van der Waals surface area contributed by atoms with E-state index in [1.54, 1.807) is 6.07 Å². The van der Waals surface area contributed by atoms with E-state index in [-0.39, 0.29) is 0 Å². The van der Waals surface area contributed by atoms with Gasteiger partial charge in [-0.1, -0.05) is 0 Å². The Balaban J connectivity index is 2.15. The van der Waals surface area contributed by atoms with Gasteiger partial charge in [0.25, 0.3) is 0 Å². The lowest BCUT2D eigenvalue weighted by molar-refractivity contribution is 0.447. The second-order valence-electron chi connectivity index (χ2n) is 2.79. The van der Waals surface area contributed by atoms with Gasteiger partial charge in [0.1, 0.15) is 5.76 Å². The molecule has 0 aromatic carbocycles. The number of nitrogens with one attached hydrogen (secondary N) is 1. The van der Waals surface area contributed by atoms with Crippen molar-refractivity contribution >= 4 is 11.6 Å². The molecule has 60 valence electrons. The fourth-order valence-corrected chi connectivity index (χ4v) is 1.60. The predicted octanol–water partition coefficient (Wildman–Crippen LogP) is 2.36. The molecule has 0 saturated carbocycles. The van der Waals surface area contributed by atoms with Crippen molar-refractivity contribution in [2.75, 3.05) is 6.54 Å². The predicted molar refractivity (Wildman–Crippen MR) is 43.7 cm³/mol. The summed E-state index contributed by atoms with van der Waals surface area (Å²) in [5.41, 5.74) is 0. The molecule has 1 atom stereocenters. The molecule has 1 unspecified atom stereocenters. The van der Waals surface area contributed by atoms with Crippen molar-refractivity contribution in [1.29, 1.82) is 0 Å². The normalized spacial score (nSPS) is 24.3. The maximum atomic E-state index is 5.64. The Morgan fingerprint density at radius 3 is 3.00 bits per heavy atom. The molecular formula is C8H10ClNO. The molecule has 1 saturated heterocycles. The summed E-state index contributed by atoms with van der Waals surface area (Å²) in [7, 11) is 0. The number of halogens is 1. The van der Waals surface area contributed by atoms with Crippen LogP contribution in [0.4, 0.5) is 0 Å². The Hall–Kier alpha value is -0.470. The zero-order valence-electron chi connectivity index (χ0n) is 6.14. The van der Waals surface area contributed by atoms with E-state index in [0.717, 1.165) is 18.7 Å². The fourth-order valence-electron chi connectivity index (χ4n) is 1.44. The van der Waals surface area contributed by atoms with E-state index in [1.807, 2.05) is 6.07 Å². The Kier molecular flexibility index (Phi) is 1.88. The van der Waals surface area contributed by atoms with Crippen molar-refractivity contribution in [2.45, 2.75) is 18.9 Å². The standard InChI is InChI=1S/C8H10ClNO/c9-8-4-3-7(11-8)6-2-1-5-10-6/h3-4,6,10H,1-2,5H2. The van der Waals surface area contributed by atoms with Crippen LogP contribution in [0.5, 0.6) is 0 Å². The molecule has 3 heteroatoms. The summed E-state index contributed by atoms with van der Waals surface area (Å²) in [6.45, 7) is 1.09. The Labute approximate surface area is 70.5 Å². The average Bonchev–Trinajstić information content (AvgIpc) is 2.55. The zero-order valence-corrected chi connectivity index (χ0v) is 6.90. The Morgan fingerprint density at radius 2 is 2.45 bits per heavy atom. The van der Waals surface area contributed by atoms with Crippen LogP contribution < -0.4 is 5.32 Å². The fraction of sp³-hybridized carbons (Fsp3) is 0.500. The summed E-state index contributed by atoms with van der Waals surface area (Å²) in [6.07, 6.45) is 2.38. The SMILES string of the molecule is Clc1ccc(C2CCCN2)o1. The lowest BCUT2D eigenvalue weighted by atomic mass is 10.2. The number of hydrogen-bond acceptors (Lipinski definition) is 2. The van der Waals surface area contributed by atoms with Crippen LogP contribution in [0.1, 0.15) is 24.6 Å². The van der Waals surface area contributed by atoms with Crippen LogP contribution in [0, 0.1) is 0 Å². The van der Waals surface area contributed by atoms with Crippen molar-refractivity contribution in [2.24, 2.45) is 0 Å². The van der Waals surface area contributed by atoms with Gasteiger partial charge in [0.2, 0.25) is 0 Å². The van der Waals surface area contributed by atoms with Gasteiger partial charge in [0.15, 0.2) is 5.22 Å². The molecule has 0 bridgehead atoms. The van der Waals surface area contributed by atoms with Crippen molar-refractivity contribution in [3.05, 3.63) is 23.1 Å². The maximum Gasteiger partial charge on any atom is 0.193 e. The van der Waals surface area contributed by atoms with E-state index in [0.29, 0.717) is 11.3 Å². The molecule has 1 N–H and O–H groups in total. The van der Waals surface area contributed by atoms with Gasteiger partial charge >= 0.3 is 0 Å². The summed E-state index contributed by atoms with van der Waals surface area (Å²) in [5.74, 6) is 0.965. The first-order valence-corrected chi connectivity index (χ1v) is 4.23. The molecule has 0 aliphatic carbocycles. The summed E-state index contributed by atoms with van der Waals surface area (Å²) in [6, 6.07) is 4.12. The molecule has 2 nitrogen and oxygen atoms in total. The molecular weight excluding hydrogens is 162 g/mol. The molecule has 1 aromatic rings. The first-order valence-electron chi connectivity index (χ1n) is 3.85. The minimum absolute atomic E-state index is 0.391. The molecule has 1 fully saturated rings. The molecule has 1 aromatic heterocycles. The van der Waals surface area contributed by atoms with Gasteiger partial charge in [0.05, 0.1) is 6.04 Å². The number of hydrogen-bond donors (Lipinski definition) is 1. The van der Waals surface area contributed by atoms with Gasteiger partial charge in [-0.3, -0.25) is 0 Å².